The number of nitrogens with zero attached hydrogens (tertiary/aromatic N) is 1. The van der Waals surface area contributed by atoms with E-state index in [1.54, 1.807) is 26.8 Å². The van der Waals surface area contributed by atoms with Crippen molar-refractivity contribution in [2.24, 2.45) is 0 Å². The van der Waals surface area contributed by atoms with E-state index in [1.807, 2.05) is 0 Å². The molecule has 1 N–H and O–H groups in total. The van der Waals surface area contributed by atoms with Gasteiger partial charge in [-0.3, -0.25) is 0 Å². The zero-order valence-electron chi connectivity index (χ0n) is 10.9. The first-order valence-electron chi connectivity index (χ1n) is 5.67. The summed E-state index contributed by atoms with van der Waals surface area (Å²) < 4.78 is 26.3. The molecule has 0 bridgehead atoms. The van der Waals surface area contributed by atoms with Crippen molar-refractivity contribution in [3.8, 4) is 0 Å². The highest BCUT2D eigenvalue weighted by atomic mass is 32.2. The molecule has 0 fully saturated rings. The van der Waals surface area contributed by atoms with Gasteiger partial charge in [-0.25, -0.2) is 8.42 Å². The van der Waals surface area contributed by atoms with Crippen molar-refractivity contribution in [2.45, 2.75) is 32.3 Å². The maximum atomic E-state index is 12.5. The Balaban J connectivity index is 3.18. The van der Waals surface area contributed by atoms with E-state index < -0.39 is 10.0 Å². The van der Waals surface area contributed by atoms with E-state index in [4.69, 9.17) is 5.11 Å². The second kappa shape index (κ2) is 5.97. The van der Waals surface area contributed by atoms with Gasteiger partial charge in [0.15, 0.2) is 0 Å². The summed E-state index contributed by atoms with van der Waals surface area (Å²) in [4.78, 5) is 1.66. The van der Waals surface area contributed by atoms with Crippen LogP contribution >= 0.6 is 11.3 Å². The van der Waals surface area contributed by atoms with Crippen LogP contribution in [-0.4, -0.2) is 30.9 Å². The third-order valence-corrected chi connectivity index (χ3v) is 5.71. The highest BCUT2D eigenvalue weighted by Gasteiger charge is 2.26. The normalized spacial score (nSPS) is 12.1. The van der Waals surface area contributed by atoms with Gasteiger partial charge in [0.05, 0.1) is 11.5 Å². The van der Waals surface area contributed by atoms with Crippen LogP contribution in [0.3, 0.4) is 0 Å². The maximum Gasteiger partial charge on any atom is 0.244 e. The fourth-order valence-electron chi connectivity index (χ4n) is 1.67. The number of hydrogen-bond donors (Lipinski definition) is 1. The average Bonchev–Trinajstić information content (AvgIpc) is 2.67. The molecule has 0 saturated heterocycles. The van der Waals surface area contributed by atoms with Gasteiger partial charge in [0, 0.05) is 22.8 Å². The van der Waals surface area contributed by atoms with Crippen LogP contribution in [0, 0.1) is 6.92 Å². The van der Waals surface area contributed by atoms with E-state index in [-0.39, 0.29) is 6.61 Å². The number of sulfonamides is 1. The molecule has 0 aliphatic carbocycles. The van der Waals surface area contributed by atoms with Crippen LogP contribution in [0.4, 0.5) is 0 Å². The Hall–Kier alpha value is -0.690. The molecular weight excluding hydrogens is 270 g/mol. The van der Waals surface area contributed by atoms with E-state index in [0.29, 0.717) is 27.7 Å². The predicted octanol–water partition coefficient (Wildman–Crippen LogP) is 2.14. The maximum absolute atomic E-state index is 12.5. The molecule has 1 rings (SSSR count). The minimum absolute atomic E-state index is 0.131. The van der Waals surface area contributed by atoms with Crippen LogP contribution in [0.15, 0.2) is 23.1 Å². The second-order valence-electron chi connectivity index (χ2n) is 4.18. The second-order valence-corrected chi connectivity index (χ2v) is 7.43. The van der Waals surface area contributed by atoms with E-state index in [1.165, 1.54) is 15.6 Å². The molecule has 1 aromatic rings. The number of hydrogen-bond acceptors (Lipinski definition) is 4. The summed E-state index contributed by atoms with van der Waals surface area (Å²) in [5.74, 6) is 0. The van der Waals surface area contributed by atoms with Gasteiger partial charge in [0.1, 0.15) is 0 Å². The molecular formula is C12H19NO3S2. The molecule has 18 heavy (non-hydrogen) atoms. The number of aryl methyl sites for hydroxylation is 1. The van der Waals surface area contributed by atoms with Crippen LogP contribution in [0.5, 0.6) is 0 Å². The number of thiophene rings is 1. The lowest BCUT2D eigenvalue weighted by Crippen LogP contribution is -2.32. The van der Waals surface area contributed by atoms with E-state index in [2.05, 4.69) is 6.58 Å². The fourth-order valence-corrected chi connectivity index (χ4v) is 4.64. The third-order valence-electron chi connectivity index (χ3n) is 2.50. The minimum atomic E-state index is -3.49. The summed E-state index contributed by atoms with van der Waals surface area (Å²) in [5, 5.41) is 9.07. The standard InChI is InChI=1S/C12H19NO3S2/c1-5-13(7-9(2)3)18(15,16)12-6-11(8-14)17-10(12)4/h6,14H,2,5,7-8H2,1,3-4H3. The molecule has 0 aliphatic heterocycles. The molecule has 4 nitrogen and oxygen atoms in total. The fraction of sp³-hybridized carbons (Fsp3) is 0.500. The molecule has 0 atom stereocenters. The van der Waals surface area contributed by atoms with Crippen LogP contribution in [-0.2, 0) is 16.6 Å². The number of rotatable bonds is 6. The molecule has 1 aromatic heterocycles. The predicted molar refractivity (Wildman–Crippen MR) is 74.2 cm³/mol. The SMILES string of the molecule is C=C(C)CN(CC)S(=O)(=O)c1cc(CO)sc1C. The lowest BCUT2D eigenvalue weighted by atomic mass is 10.3. The lowest BCUT2D eigenvalue weighted by Gasteiger charge is -2.20. The summed E-state index contributed by atoms with van der Waals surface area (Å²) in [6, 6.07) is 1.55. The Morgan fingerprint density at radius 1 is 1.56 bits per heavy atom. The quantitative estimate of drug-likeness (QED) is 0.816. The van der Waals surface area contributed by atoms with Gasteiger partial charge in [-0.05, 0) is 19.9 Å². The Bertz CT molecular complexity index is 532. The van der Waals surface area contributed by atoms with E-state index >= 15 is 0 Å². The van der Waals surface area contributed by atoms with Crippen LogP contribution in [0.1, 0.15) is 23.6 Å². The van der Waals surface area contributed by atoms with Crippen molar-refractivity contribution in [3.05, 3.63) is 28.0 Å². The monoisotopic (exact) mass is 289 g/mol. The van der Waals surface area contributed by atoms with E-state index in [0.717, 1.165) is 5.57 Å². The highest BCUT2D eigenvalue weighted by molar-refractivity contribution is 7.89. The zero-order chi connectivity index (χ0) is 13.9. The summed E-state index contributed by atoms with van der Waals surface area (Å²) in [5.41, 5.74) is 0.802. The molecule has 102 valence electrons. The van der Waals surface area contributed by atoms with Gasteiger partial charge in [-0.1, -0.05) is 19.1 Å². The van der Waals surface area contributed by atoms with Gasteiger partial charge < -0.3 is 5.11 Å². The number of aliphatic hydroxyl groups excluding tert-OH is 1. The molecule has 0 amide bonds. The molecule has 0 saturated carbocycles. The van der Waals surface area contributed by atoms with Crippen LogP contribution in [0.2, 0.25) is 0 Å². The first-order valence-corrected chi connectivity index (χ1v) is 7.93. The Morgan fingerprint density at radius 2 is 2.17 bits per heavy atom. The van der Waals surface area contributed by atoms with Gasteiger partial charge in [-0.2, -0.15) is 4.31 Å². The van der Waals surface area contributed by atoms with Crippen LogP contribution < -0.4 is 0 Å². The topological polar surface area (TPSA) is 57.6 Å². The van der Waals surface area contributed by atoms with Gasteiger partial charge in [0.25, 0.3) is 0 Å². The molecule has 1 heterocycles. The Labute approximate surface area is 113 Å². The van der Waals surface area contributed by atoms with E-state index in [9.17, 15) is 8.42 Å². The van der Waals surface area contributed by atoms with Gasteiger partial charge in [-0.15, -0.1) is 11.3 Å². The van der Waals surface area contributed by atoms with Gasteiger partial charge in [0.2, 0.25) is 10.0 Å². The van der Waals surface area contributed by atoms with Crippen molar-refractivity contribution in [1.29, 1.82) is 0 Å². The molecule has 0 aliphatic rings. The molecule has 0 unspecified atom stereocenters. The zero-order valence-corrected chi connectivity index (χ0v) is 12.6. The first kappa shape index (κ1) is 15.4. The molecule has 6 heteroatoms. The summed E-state index contributed by atoms with van der Waals surface area (Å²) >= 11 is 1.31. The van der Waals surface area contributed by atoms with Crippen molar-refractivity contribution in [2.75, 3.05) is 13.1 Å². The van der Waals surface area contributed by atoms with Crippen molar-refractivity contribution in [1.82, 2.24) is 4.31 Å². The largest absolute Gasteiger partial charge is 0.391 e. The van der Waals surface area contributed by atoms with Crippen molar-refractivity contribution < 1.29 is 13.5 Å². The average molecular weight is 289 g/mol. The molecule has 0 spiro atoms. The summed E-state index contributed by atoms with van der Waals surface area (Å²) in [6.45, 7) is 9.70. The van der Waals surface area contributed by atoms with Gasteiger partial charge >= 0.3 is 0 Å². The van der Waals surface area contributed by atoms with Crippen LogP contribution in [0.25, 0.3) is 0 Å². The van der Waals surface area contributed by atoms with Crippen molar-refractivity contribution >= 4 is 21.4 Å². The molecule has 0 radical (unpaired) electrons. The highest BCUT2D eigenvalue weighted by Crippen LogP contribution is 2.28. The number of likely N-dealkylation sites (N-methyl/N-ethyl adjacent to an activating group) is 1. The first-order chi connectivity index (χ1) is 8.32. The molecule has 0 aromatic carbocycles. The number of aliphatic hydroxyl groups is 1. The van der Waals surface area contributed by atoms with Crippen molar-refractivity contribution in [3.63, 3.8) is 0 Å². The summed E-state index contributed by atoms with van der Waals surface area (Å²) in [7, 11) is -3.49. The Kier molecular flexibility index (Phi) is 5.10. The minimum Gasteiger partial charge on any atom is -0.391 e. The lowest BCUT2D eigenvalue weighted by molar-refractivity contribution is 0.285. The Morgan fingerprint density at radius 3 is 2.56 bits per heavy atom. The smallest absolute Gasteiger partial charge is 0.244 e. The summed E-state index contributed by atoms with van der Waals surface area (Å²) in [6.07, 6.45) is 0. The third kappa shape index (κ3) is 3.20.